The van der Waals surface area contributed by atoms with Crippen LogP contribution in [-0.2, 0) is 9.47 Å². The van der Waals surface area contributed by atoms with Gasteiger partial charge in [-0.1, -0.05) is 0 Å². The summed E-state index contributed by atoms with van der Waals surface area (Å²) >= 11 is 0. The lowest BCUT2D eigenvalue weighted by atomic mass is 10.2. The highest BCUT2D eigenvalue weighted by molar-refractivity contribution is 5.95. The number of carbonyl (C=O) groups excluding carboxylic acids is 1. The van der Waals surface area contributed by atoms with E-state index in [4.69, 9.17) is 15.2 Å². The van der Waals surface area contributed by atoms with Gasteiger partial charge in [-0.15, -0.1) is 0 Å². The summed E-state index contributed by atoms with van der Waals surface area (Å²) < 4.78 is 22.7. The van der Waals surface area contributed by atoms with E-state index >= 15 is 0 Å². The van der Waals surface area contributed by atoms with E-state index in [0.29, 0.717) is 0 Å². The quantitative estimate of drug-likeness (QED) is 0.627. The van der Waals surface area contributed by atoms with Gasteiger partial charge >= 0.3 is 5.97 Å². The van der Waals surface area contributed by atoms with Gasteiger partial charge in [0, 0.05) is 12.8 Å². The number of carbonyl (C=O) groups is 1. The predicted molar refractivity (Wildman–Crippen MR) is 57.6 cm³/mol. The third-order valence-electron chi connectivity index (χ3n) is 2.09. The van der Waals surface area contributed by atoms with E-state index < -0.39 is 11.8 Å². The number of rotatable bonds is 4. The summed E-state index contributed by atoms with van der Waals surface area (Å²) in [6.45, 7) is 1.85. The number of methoxy groups -OCH3 is 1. The Bertz CT molecular complexity index is 381. The topological polar surface area (TPSA) is 61.5 Å². The maximum Gasteiger partial charge on any atom is 0.340 e. The maximum absolute atomic E-state index is 12.9. The summed E-state index contributed by atoms with van der Waals surface area (Å²) in [7, 11) is 1.51. The molecule has 0 fully saturated rings. The van der Waals surface area contributed by atoms with Crippen LogP contribution in [0.3, 0.4) is 0 Å². The van der Waals surface area contributed by atoms with E-state index in [1.165, 1.54) is 19.2 Å². The van der Waals surface area contributed by atoms with E-state index in [0.717, 1.165) is 6.07 Å². The molecule has 1 unspecified atom stereocenters. The second-order valence-electron chi connectivity index (χ2n) is 3.38. The van der Waals surface area contributed by atoms with Crippen LogP contribution in [0.15, 0.2) is 18.2 Å². The number of hydrogen-bond donors (Lipinski definition) is 1. The molecule has 0 aliphatic rings. The molecule has 0 bridgehead atoms. The minimum Gasteiger partial charge on any atom is -0.459 e. The smallest absolute Gasteiger partial charge is 0.340 e. The molecule has 16 heavy (non-hydrogen) atoms. The van der Waals surface area contributed by atoms with Crippen LogP contribution in [0.2, 0.25) is 0 Å². The average Bonchev–Trinajstić information content (AvgIpc) is 2.28. The van der Waals surface area contributed by atoms with Gasteiger partial charge in [0.25, 0.3) is 0 Å². The second kappa shape index (κ2) is 5.46. The number of esters is 1. The Morgan fingerprint density at radius 3 is 2.88 bits per heavy atom. The first-order valence-electron chi connectivity index (χ1n) is 4.79. The van der Waals surface area contributed by atoms with Gasteiger partial charge in [0.2, 0.25) is 0 Å². The highest BCUT2D eigenvalue weighted by Crippen LogP contribution is 2.14. The van der Waals surface area contributed by atoms with Crippen molar-refractivity contribution in [1.29, 1.82) is 0 Å². The fourth-order valence-corrected chi connectivity index (χ4v) is 1.04. The molecule has 1 atom stereocenters. The third-order valence-corrected chi connectivity index (χ3v) is 2.09. The molecule has 0 aromatic heterocycles. The van der Waals surface area contributed by atoms with Gasteiger partial charge in [-0.2, -0.15) is 0 Å². The van der Waals surface area contributed by atoms with Gasteiger partial charge < -0.3 is 15.2 Å². The van der Waals surface area contributed by atoms with Crippen LogP contribution in [0, 0.1) is 5.82 Å². The van der Waals surface area contributed by atoms with Gasteiger partial charge in [-0.05, 0) is 25.1 Å². The number of benzene rings is 1. The van der Waals surface area contributed by atoms with Gasteiger partial charge in [-0.25, -0.2) is 9.18 Å². The molecule has 0 heterocycles. The van der Waals surface area contributed by atoms with Crippen LogP contribution < -0.4 is 5.73 Å². The first kappa shape index (κ1) is 12.4. The summed E-state index contributed by atoms with van der Waals surface area (Å²) in [6, 6.07) is 3.56. The van der Waals surface area contributed by atoms with Crippen molar-refractivity contribution in [2.45, 2.75) is 13.0 Å². The van der Waals surface area contributed by atoms with E-state index in [1.807, 2.05) is 0 Å². The minimum atomic E-state index is -0.652. The van der Waals surface area contributed by atoms with E-state index in [-0.39, 0.29) is 24.0 Å². The number of ether oxygens (including phenoxy) is 2. The Morgan fingerprint density at radius 1 is 1.56 bits per heavy atom. The van der Waals surface area contributed by atoms with Gasteiger partial charge in [0.1, 0.15) is 12.4 Å². The van der Waals surface area contributed by atoms with E-state index in [9.17, 15) is 9.18 Å². The monoisotopic (exact) mass is 227 g/mol. The van der Waals surface area contributed by atoms with Crippen LogP contribution in [0.4, 0.5) is 10.1 Å². The largest absolute Gasteiger partial charge is 0.459 e. The second-order valence-corrected chi connectivity index (χ2v) is 3.38. The number of hydrogen-bond acceptors (Lipinski definition) is 4. The minimum absolute atomic E-state index is 0.0308. The summed E-state index contributed by atoms with van der Waals surface area (Å²) in [6.07, 6.45) is -0.210. The lowest BCUT2D eigenvalue weighted by Crippen LogP contribution is -2.18. The molecule has 1 aromatic rings. The lowest BCUT2D eigenvalue weighted by molar-refractivity contribution is 0.0169. The van der Waals surface area contributed by atoms with Crippen molar-refractivity contribution in [2.24, 2.45) is 0 Å². The average molecular weight is 227 g/mol. The van der Waals surface area contributed by atoms with Crippen molar-refractivity contribution in [3.8, 4) is 0 Å². The molecule has 4 nitrogen and oxygen atoms in total. The first-order chi connectivity index (χ1) is 7.54. The Labute approximate surface area is 93.2 Å². The molecular formula is C11H14FNO3. The van der Waals surface area contributed by atoms with Crippen LogP contribution in [0.5, 0.6) is 0 Å². The zero-order valence-electron chi connectivity index (χ0n) is 9.20. The molecular weight excluding hydrogens is 213 g/mol. The molecule has 1 aromatic carbocycles. The Kier molecular flexibility index (Phi) is 4.25. The lowest BCUT2D eigenvalue weighted by Gasteiger charge is -2.11. The predicted octanol–water partition coefficient (Wildman–Crippen LogP) is 1.60. The molecule has 5 heteroatoms. The maximum atomic E-state index is 12.9. The standard InChI is InChI=1S/C11H14FNO3/c1-7(15-2)6-16-11(14)9-5-8(12)3-4-10(9)13/h3-5,7H,6,13H2,1-2H3. The van der Waals surface area contributed by atoms with Crippen LogP contribution in [-0.4, -0.2) is 25.8 Å². The first-order valence-corrected chi connectivity index (χ1v) is 4.79. The summed E-state index contributed by atoms with van der Waals surface area (Å²) in [5.41, 5.74) is 5.75. The molecule has 0 spiro atoms. The third kappa shape index (κ3) is 3.20. The SMILES string of the molecule is COC(C)COC(=O)c1cc(F)ccc1N. The number of anilines is 1. The van der Waals surface area contributed by atoms with Crippen molar-refractivity contribution in [2.75, 3.05) is 19.5 Å². The van der Waals surface area contributed by atoms with E-state index in [2.05, 4.69) is 0 Å². The molecule has 0 saturated carbocycles. The fraction of sp³-hybridized carbons (Fsp3) is 0.364. The van der Waals surface area contributed by atoms with Crippen molar-refractivity contribution < 1.29 is 18.7 Å². The van der Waals surface area contributed by atoms with Crippen molar-refractivity contribution in [3.05, 3.63) is 29.6 Å². The Morgan fingerprint density at radius 2 is 2.25 bits per heavy atom. The van der Waals surface area contributed by atoms with Crippen LogP contribution >= 0.6 is 0 Å². The van der Waals surface area contributed by atoms with Crippen molar-refractivity contribution in [3.63, 3.8) is 0 Å². The zero-order chi connectivity index (χ0) is 12.1. The van der Waals surface area contributed by atoms with Crippen molar-refractivity contribution >= 4 is 11.7 Å². The zero-order valence-corrected chi connectivity index (χ0v) is 9.20. The van der Waals surface area contributed by atoms with Crippen LogP contribution in [0.1, 0.15) is 17.3 Å². The molecule has 0 radical (unpaired) electrons. The highest BCUT2D eigenvalue weighted by Gasteiger charge is 2.13. The Hall–Kier alpha value is -1.62. The van der Waals surface area contributed by atoms with Gasteiger partial charge in [-0.3, -0.25) is 0 Å². The number of halogens is 1. The summed E-state index contributed by atoms with van der Waals surface area (Å²) in [5, 5.41) is 0. The normalized spacial score (nSPS) is 12.2. The molecule has 0 amide bonds. The molecule has 0 saturated heterocycles. The number of nitrogen functional groups attached to an aromatic ring is 1. The van der Waals surface area contributed by atoms with Crippen LogP contribution in [0.25, 0.3) is 0 Å². The molecule has 0 aliphatic carbocycles. The highest BCUT2D eigenvalue weighted by atomic mass is 19.1. The molecule has 2 N–H and O–H groups in total. The summed E-state index contributed by atoms with van der Waals surface area (Å²) in [5.74, 6) is -1.18. The molecule has 0 aliphatic heterocycles. The van der Waals surface area contributed by atoms with Gasteiger partial charge in [0.15, 0.2) is 0 Å². The van der Waals surface area contributed by atoms with Crippen molar-refractivity contribution in [1.82, 2.24) is 0 Å². The van der Waals surface area contributed by atoms with E-state index in [1.54, 1.807) is 6.92 Å². The number of nitrogens with two attached hydrogens (primary N) is 1. The molecule has 1 rings (SSSR count). The summed E-state index contributed by atoms with van der Waals surface area (Å²) in [4.78, 5) is 11.5. The Balaban J connectivity index is 2.69. The molecule has 88 valence electrons. The van der Waals surface area contributed by atoms with Gasteiger partial charge in [0.05, 0.1) is 11.7 Å². The fourth-order valence-electron chi connectivity index (χ4n) is 1.04.